The van der Waals surface area contributed by atoms with Crippen LogP contribution in [0.3, 0.4) is 0 Å². The molecule has 0 aliphatic rings. The fourth-order valence-corrected chi connectivity index (χ4v) is 3.12. The van der Waals surface area contributed by atoms with E-state index in [1.165, 1.54) is 12.1 Å². The van der Waals surface area contributed by atoms with Crippen LogP contribution in [0.4, 0.5) is 5.69 Å². The van der Waals surface area contributed by atoms with Crippen LogP contribution in [-0.4, -0.2) is 25.1 Å². The Bertz CT molecular complexity index is 940. The van der Waals surface area contributed by atoms with Gasteiger partial charge < -0.3 is 5.73 Å². The van der Waals surface area contributed by atoms with Gasteiger partial charge in [0.05, 0.1) is 11.0 Å². The molecular weight excluding hydrogens is 370 g/mol. The maximum atomic E-state index is 11.0. The highest BCUT2D eigenvalue weighted by molar-refractivity contribution is 5.36. The standard InChI is InChI=1S/C20H25N7O2/c1-2-3-11-26-20(23-24-25-26)19(17-7-9-18(10-8-17)27(28)29)22-14-16-6-4-5-15(12-16)13-21/h4-10,12,19,22H,2-3,11,13-14,21H2,1H3. The van der Waals surface area contributed by atoms with Gasteiger partial charge in [-0.25, -0.2) is 4.68 Å². The Labute approximate surface area is 169 Å². The average Bonchev–Trinajstić information content (AvgIpc) is 3.21. The predicted octanol–water partition coefficient (Wildman–Crippen LogP) is 2.72. The highest BCUT2D eigenvalue weighted by atomic mass is 16.6. The summed E-state index contributed by atoms with van der Waals surface area (Å²) in [5.41, 5.74) is 8.80. The van der Waals surface area contributed by atoms with Crippen LogP contribution in [0.15, 0.2) is 48.5 Å². The number of hydrogen-bond acceptors (Lipinski definition) is 7. The van der Waals surface area contributed by atoms with Crippen molar-refractivity contribution in [3.63, 3.8) is 0 Å². The Morgan fingerprint density at radius 2 is 1.97 bits per heavy atom. The first-order chi connectivity index (χ1) is 14.1. The lowest BCUT2D eigenvalue weighted by atomic mass is 10.0. The van der Waals surface area contributed by atoms with Crippen molar-refractivity contribution in [2.45, 2.75) is 45.4 Å². The summed E-state index contributed by atoms with van der Waals surface area (Å²) in [6.07, 6.45) is 1.99. The molecule has 0 aliphatic heterocycles. The molecule has 1 unspecified atom stereocenters. The molecule has 0 aliphatic carbocycles. The van der Waals surface area contributed by atoms with Gasteiger partial charge in [-0.15, -0.1) is 5.10 Å². The van der Waals surface area contributed by atoms with E-state index in [-0.39, 0.29) is 11.7 Å². The molecule has 152 valence electrons. The number of rotatable bonds is 10. The Hall–Kier alpha value is -3.17. The molecule has 3 N–H and O–H groups in total. The number of tetrazole rings is 1. The summed E-state index contributed by atoms with van der Waals surface area (Å²) in [5.74, 6) is 0.683. The number of nitrogens with two attached hydrogens (primary N) is 1. The van der Waals surface area contributed by atoms with Crippen molar-refractivity contribution in [2.75, 3.05) is 0 Å². The Morgan fingerprint density at radius 3 is 2.66 bits per heavy atom. The molecule has 0 spiro atoms. The monoisotopic (exact) mass is 395 g/mol. The molecule has 0 fully saturated rings. The van der Waals surface area contributed by atoms with E-state index in [0.717, 1.165) is 29.5 Å². The smallest absolute Gasteiger partial charge is 0.269 e. The van der Waals surface area contributed by atoms with E-state index in [0.29, 0.717) is 25.5 Å². The lowest BCUT2D eigenvalue weighted by Gasteiger charge is -2.19. The molecule has 0 amide bonds. The van der Waals surface area contributed by atoms with Crippen LogP contribution in [0.25, 0.3) is 0 Å². The van der Waals surface area contributed by atoms with Gasteiger partial charge in [0, 0.05) is 31.8 Å². The molecule has 9 nitrogen and oxygen atoms in total. The number of hydrogen-bond donors (Lipinski definition) is 2. The van der Waals surface area contributed by atoms with Gasteiger partial charge in [-0.2, -0.15) is 0 Å². The second-order valence-corrected chi connectivity index (χ2v) is 6.80. The number of nitrogens with zero attached hydrogens (tertiary/aromatic N) is 5. The van der Waals surface area contributed by atoms with E-state index in [9.17, 15) is 10.1 Å². The third-order valence-electron chi connectivity index (χ3n) is 4.72. The minimum Gasteiger partial charge on any atom is -0.326 e. The fourth-order valence-electron chi connectivity index (χ4n) is 3.12. The average molecular weight is 395 g/mol. The number of aryl methyl sites for hydroxylation is 1. The first kappa shape index (κ1) is 20.6. The molecule has 1 aromatic heterocycles. The number of non-ortho nitro benzene ring substituents is 1. The molecule has 0 bridgehead atoms. The topological polar surface area (TPSA) is 125 Å². The molecule has 29 heavy (non-hydrogen) atoms. The summed E-state index contributed by atoms with van der Waals surface area (Å²) < 4.78 is 1.79. The number of nitro benzene ring substituents is 1. The summed E-state index contributed by atoms with van der Waals surface area (Å²) in [6, 6.07) is 14.2. The molecule has 2 aromatic carbocycles. The number of nitro groups is 1. The molecular formula is C20H25N7O2. The molecule has 0 saturated carbocycles. The first-order valence-electron chi connectivity index (χ1n) is 9.64. The van der Waals surface area contributed by atoms with Crippen molar-refractivity contribution in [3.8, 4) is 0 Å². The van der Waals surface area contributed by atoms with E-state index in [1.807, 2.05) is 18.2 Å². The van der Waals surface area contributed by atoms with Crippen LogP contribution in [0, 0.1) is 10.1 Å². The second kappa shape index (κ2) is 9.85. The van der Waals surface area contributed by atoms with E-state index in [1.54, 1.807) is 16.8 Å². The van der Waals surface area contributed by atoms with Crippen LogP contribution in [0.1, 0.15) is 48.3 Å². The van der Waals surface area contributed by atoms with Crippen molar-refractivity contribution in [3.05, 3.63) is 81.2 Å². The second-order valence-electron chi connectivity index (χ2n) is 6.80. The van der Waals surface area contributed by atoms with Gasteiger partial charge in [-0.3, -0.25) is 15.4 Å². The minimum absolute atomic E-state index is 0.0497. The Morgan fingerprint density at radius 1 is 1.21 bits per heavy atom. The zero-order valence-corrected chi connectivity index (χ0v) is 16.4. The van der Waals surface area contributed by atoms with Gasteiger partial charge in [-0.05, 0) is 33.5 Å². The molecule has 3 aromatic rings. The fraction of sp³-hybridized carbons (Fsp3) is 0.350. The summed E-state index contributed by atoms with van der Waals surface area (Å²) in [6.45, 7) is 3.89. The predicted molar refractivity (Wildman–Crippen MR) is 109 cm³/mol. The van der Waals surface area contributed by atoms with E-state index in [4.69, 9.17) is 5.73 Å². The highest BCUT2D eigenvalue weighted by Gasteiger charge is 2.21. The van der Waals surface area contributed by atoms with Gasteiger partial charge in [0.2, 0.25) is 0 Å². The molecule has 0 saturated heterocycles. The van der Waals surface area contributed by atoms with E-state index < -0.39 is 4.92 Å². The van der Waals surface area contributed by atoms with Gasteiger partial charge in [0.15, 0.2) is 5.82 Å². The third kappa shape index (κ3) is 5.21. The Kier molecular flexibility index (Phi) is 6.99. The number of aromatic nitrogens is 4. The van der Waals surface area contributed by atoms with Crippen molar-refractivity contribution < 1.29 is 4.92 Å². The summed E-state index contributed by atoms with van der Waals surface area (Å²) >= 11 is 0. The summed E-state index contributed by atoms with van der Waals surface area (Å²) in [5, 5.41) is 26.7. The van der Waals surface area contributed by atoms with Crippen molar-refractivity contribution in [2.24, 2.45) is 5.73 Å². The maximum Gasteiger partial charge on any atom is 0.269 e. The van der Waals surface area contributed by atoms with Gasteiger partial charge in [0.1, 0.15) is 0 Å². The van der Waals surface area contributed by atoms with E-state index >= 15 is 0 Å². The van der Waals surface area contributed by atoms with Gasteiger partial charge >= 0.3 is 0 Å². The van der Waals surface area contributed by atoms with Crippen molar-refractivity contribution >= 4 is 5.69 Å². The molecule has 1 atom stereocenters. The number of unbranched alkanes of at least 4 members (excludes halogenated alkanes) is 1. The van der Waals surface area contributed by atoms with Crippen LogP contribution in [0.5, 0.6) is 0 Å². The van der Waals surface area contributed by atoms with Crippen LogP contribution >= 0.6 is 0 Å². The Balaban J connectivity index is 1.88. The van der Waals surface area contributed by atoms with Crippen LogP contribution in [0.2, 0.25) is 0 Å². The largest absolute Gasteiger partial charge is 0.326 e. The number of benzene rings is 2. The quantitative estimate of drug-likeness (QED) is 0.399. The summed E-state index contributed by atoms with van der Waals surface area (Å²) in [7, 11) is 0. The highest BCUT2D eigenvalue weighted by Crippen LogP contribution is 2.23. The van der Waals surface area contributed by atoms with Crippen LogP contribution in [-0.2, 0) is 19.6 Å². The van der Waals surface area contributed by atoms with E-state index in [2.05, 4.69) is 33.8 Å². The minimum atomic E-state index is -0.407. The molecule has 1 heterocycles. The van der Waals surface area contributed by atoms with Crippen LogP contribution < -0.4 is 11.1 Å². The van der Waals surface area contributed by atoms with Crippen molar-refractivity contribution in [1.82, 2.24) is 25.5 Å². The number of nitrogens with one attached hydrogen (secondary N) is 1. The SMILES string of the molecule is CCCCn1nnnc1C(NCc1cccc(CN)c1)c1ccc([N+](=O)[O-])cc1. The van der Waals surface area contributed by atoms with Gasteiger partial charge in [0.25, 0.3) is 5.69 Å². The third-order valence-corrected chi connectivity index (χ3v) is 4.72. The molecule has 3 rings (SSSR count). The molecule has 0 radical (unpaired) electrons. The molecule has 9 heteroatoms. The first-order valence-corrected chi connectivity index (χ1v) is 9.64. The lowest BCUT2D eigenvalue weighted by Crippen LogP contribution is -2.26. The lowest BCUT2D eigenvalue weighted by molar-refractivity contribution is -0.384. The van der Waals surface area contributed by atoms with Gasteiger partial charge in [-0.1, -0.05) is 49.7 Å². The summed E-state index contributed by atoms with van der Waals surface area (Å²) in [4.78, 5) is 10.6. The zero-order valence-electron chi connectivity index (χ0n) is 16.4. The normalized spacial score (nSPS) is 12.1. The van der Waals surface area contributed by atoms with Crippen molar-refractivity contribution in [1.29, 1.82) is 0 Å². The zero-order chi connectivity index (χ0) is 20.6. The maximum absolute atomic E-state index is 11.0.